The van der Waals surface area contributed by atoms with Crippen molar-refractivity contribution in [2.45, 2.75) is 33.6 Å². The van der Waals surface area contributed by atoms with Crippen molar-refractivity contribution in [1.29, 1.82) is 0 Å². The first-order valence-corrected chi connectivity index (χ1v) is 6.62. The summed E-state index contributed by atoms with van der Waals surface area (Å²) in [6.45, 7) is 6.56. The summed E-state index contributed by atoms with van der Waals surface area (Å²) >= 11 is 0. The van der Waals surface area contributed by atoms with Crippen LogP contribution in [0.4, 0.5) is 5.69 Å². The summed E-state index contributed by atoms with van der Waals surface area (Å²) < 4.78 is 0. The van der Waals surface area contributed by atoms with Gasteiger partial charge < -0.3 is 11.1 Å². The van der Waals surface area contributed by atoms with E-state index < -0.39 is 0 Å². The van der Waals surface area contributed by atoms with Crippen LogP contribution in [0.15, 0.2) is 18.2 Å². The average Bonchev–Trinajstić information content (AvgIpc) is 2.35. The standard InChI is InChI=1S/C16H22N2O/c1-12(2)6-9-16(19)18-15-8-7-14(5-4-10-17)13(3)11-15/h7-8,11-12H,6,9-10,17H2,1-3H3,(H,18,19). The van der Waals surface area contributed by atoms with E-state index in [1.807, 2.05) is 25.1 Å². The molecule has 0 aliphatic carbocycles. The van der Waals surface area contributed by atoms with Crippen molar-refractivity contribution >= 4 is 11.6 Å². The van der Waals surface area contributed by atoms with Gasteiger partial charge in [0.25, 0.3) is 0 Å². The maximum absolute atomic E-state index is 11.7. The van der Waals surface area contributed by atoms with E-state index in [4.69, 9.17) is 5.73 Å². The third-order valence-electron chi connectivity index (χ3n) is 2.78. The SMILES string of the molecule is Cc1cc(NC(=O)CCC(C)C)ccc1C#CCN. The van der Waals surface area contributed by atoms with Crippen molar-refractivity contribution in [3.05, 3.63) is 29.3 Å². The van der Waals surface area contributed by atoms with Gasteiger partial charge in [-0.2, -0.15) is 0 Å². The number of nitrogens with one attached hydrogen (secondary N) is 1. The predicted octanol–water partition coefficient (Wildman–Crippen LogP) is 2.68. The molecule has 0 atom stereocenters. The second-order valence-electron chi connectivity index (χ2n) is 5.02. The summed E-state index contributed by atoms with van der Waals surface area (Å²) in [5.74, 6) is 6.44. The smallest absolute Gasteiger partial charge is 0.224 e. The summed E-state index contributed by atoms with van der Waals surface area (Å²) in [6.07, 6.45) is 1.47. The van der Waals surface area contributed by atoms with Gasteiger partial charge in [0.2, 0.25) is 5.91 Å². The van der Waals surface area contributed by atoms with E-state index in [2.05, 4.69) is 31.0 Å². The normalized spacial score (nSPS) is 9.95. The van der Waals surface area contributed by atoms with Gasteiger partial charge in [-0.1, -0.05) is 25.7 Å². The van der Waals surface area contributed by atoms with Crippen LogP contribution in [0.5, 0.6) is 0 Å². The fourth-order valence-corrected chi connectivity index (χ4v) is 1.67. The molecule has 0 aliphatic rings. The van der Waals surface area contributed by atoms with E-state index in [1.165, 1.54) is 0 Å². The lowest BCUT2D eigenvalue weighted by atomic mass is 10.1. The first-order chi connectivity index (χ1) is 9.02. The molecule has 1 rings (SSSR count). The molecule has 0 radical (unpaired) electrons. The number of rotatable bonds is 4. The number of hydrogen-bond donors (Lipinski definition) is 2. The summed E-state index contributed by atoms with van der Waals surface area (Å²) in [5, 5.41) is 2.91. The second kappa shape index (κ2) is 7.60. The van der Waals surface area contributed by atoms with Crippen LogP contribution in [-0.4, -0.2) is 12.5 Å². The van der Waals surface area contributed by atoms with Gasteiger partial charge in [-0.05, 0) is 43.0 Å². The highest BCUT2D eigenvalue weighted by atomic mass is 16.1. The molecule has 0 aliphatic heterocycles. The van der Waals surface area contributed by atoms with E-state index in [0.717, 1.165) is 23.2 Å². The Labute approximate surface area is 115 Å². The van der Waals surface area contributed by atoms with Gasteiger partial charge in [-0.25, -0.2) is 0 Å². The van der Waals surface area contributed by atoms with E-state index in [0.29, 0.717) is 18.9 Å². The highest BCUT2D eigenvalue weighted by Gasteiger charge is 2.05. The van der Waals surface area contributed by atoms with Crippen LogP contribution in [0.2, 0.25) is 0 Å². The van der Waals surface area contributed by atoms with Crippen LogP contribution in [-0.2, 0) is 4.79 Å². The van der Waals surface area contributed by atoms with Gasteiger partial charge in [-0.15, -0.1) is 0 Å². The molecule has 0 spiro atoms. The molecule has 3 nitrogen and oxygen atoms in total. The molecule has 1 aromatic rings. The van der Waals surface area contributed by atoms with Crippen LogP contribution in [0, 0.1) is 24.7 Å². The number of aryl methyl sites for hydroxylation is 1. The van der Waals surface area contributed by atoms with Crippen molar-refractivity contribution in [2.75, 3.05) is 11.9 Å². The van der Waals surface area contributed by atoms with Crippen LogP contribution in [0.25, 0.3) is 0 Å². The van der Waals surface area contributed by atoms with Crippen molar-refractivity contribution < 1.29 is 4.79 Å². The lowest BCUT2D eigenvalue weighted by Gasteiger charge is -2.08. The van der Waals surface area contributed by atoms with E-state index in [9.17, 15) is 4.79 Å². The summed E-state index contributed by atoms with van der Waals surface area (Å²) in [4.78, 5) is 11.7. The van der Waals surface area contributed by atoms with Gasteiger partial charge in [0.15, 0.2) is 0 Å². The Morgan fingerprint density at radius 1 is 1.42 bits per heavy atom. The topological polar surface area (TPSA) is 55.1 Å². The molecule has 0 bridgehead atoms. The quantitative estimate of drug-likeness (QED) is 0.816. The van der Waals surface area contributed by atoms with E-state index in [1.54, 1.807) is 0 Å². The summed E-state index contributed by atoms with van der Waals surface area (Å²) in [5.41, 5.74) is 8.17. The highest BCUT2D eigenvalue weighted by Crippen LogP contribution is 2.15. The third kappa shape index (κ3) is 5.58. The molecule has 0 saturated heterocycles. The summed E-state index contributed by atoms with van der Waals surface area (Å²) in [7, 11) is 0. The first kappa shape index (κ1) is 15.3. The van der Waals surface area contributed by atoms with Gasteiger partial charge in [0.05, 0.1) is 6.54 Å². The zero-order valence-corrected chi connectivity index (χ0v) is 11.9. The maximum atomic E-state index is 11.7. The Morgan fingerprint density at radius 2 is 2.16 bits per heavy atom. The molecule has 0 unspecified atom stereocenters. The lowest BCUT2D eigenvalue weighted by Crippen LogP contribution is -2.12. The molecule has 0 saturated carbocycles. The number of benzene rings is 1. The molecule has 102 valence electrons. The van der Waals surface area contributed by atoms with Crippen LogP contribution in [0.3, 0.4) is 0 Å². The number of nitrogens with two attached hydrogens (primary N) is 1. The molecular formula is C16H22N2O. The number of hydrogen-bond acceptors (Lipinski definition) is 2. The molecule has 3 heteroatoms. The van der Waals surface area contributed by atoms with Gasteiger partial charge in [0.1, 0.15) is 0 Å². The highest BCUT2D eigenvalue weighted by molar-refractivity contribution is 5.90. The van der Waals surface area contributed by atoms with Gasteiger partial charge in [-0.3, -0.25) is 4.79 Å². The third-order valence-corrected chi connectivity index (χ3v) is 2.78. The molecule has 19 heavy (non-hydrogen) atoms. The Morgan fingerprint density at radius 3 is 2.74 bits per heavy atom. The molecule has 0 heterocycles. The number of anilines is 1. The molecular weight excluding hydrogens is 236 g/mol. The van der Waals surface area contributed by atoms with Crippen LogP contribution >= 0.6 is 0 Å². The lowest BCUT2D eigenvalue weighted by molar-refractivity contribution is -0.116. The van der Waals surface area contributed by atoms with Crippen molar-refractivity contribution in [3.63, 3.8) is 0 Å². The predicted molar refractivity (Wildman–Crippen MR) is 79.8 cm³/mol. The fraction of sp³-hybridized carbons (Fsp3) is 0.438. The first-order valence-electron chi connectivity index (χ1n) is 6.62. The van der Waals surface area contributed by atoms with Crippen molar-refractivity contribution in [1.82, 2.24) is 0 Å². The average molecular weight is 258 g/mol. The molecule has 1 aromatic carbocycles. The minimum atomic E-state index is 0.0638. The monoisotopic (exact) mass is 258 g/mol. The molecule has 3 N–H and O–H groups in total. The Bertz CT molecular complexity index is 495. The zero-order chi connectivity index (χ0) is 14.3. The van der Waals surface area contributed by atoms with Gasteiger partial charge >= 0.3 is 0 Å². The van der Waals surface area contributed by atoms with Crippen molar-refractivity contribution in [3.8, 4) is 11.8 Å². The van der Waals surface area contributed by atoms with Crippen molar-refractivity contribution in [2.24, 2.45) is 11.7 Å². The fourth-order valence-electron chi connectivity index (χ4n) is 1.67. The maximum Gasteiger partial charge on any atom is 0.224 e. The van der Waals surface area contributed by atoms with Crippen LogP contribution < -0.4 is 11.1 Å². The molecule has 0 aromatic heterocycles. The summed E-state index contributed by atoms with van der Waals surface area (Å²) in [6, 6.07) is 5.73. The Hall–Kier alpha value is -1.79. The second-order valence-corrected chi connectivity index (χ2v) is 5.02. The van der Waals surface area contributed by atoms with E-state index >= 15 is 0 Å². The number of carbonyl (C=O) groups excluding carboxylic acids is 1. The zero-order valence-electron chi connectivity index (χ0n) is 11.9. The van der Waals surface area contributed by atoms with E-state index in [-0.39, 0.29) is 5.91 Å². The molecule has 1 amide bonds. The Kier molecular flexibility index (Phi) is 6.11. The number of amides is 1. The largest absolute Gasteiger partial charge is 0.326 e. The van der Waals surface area contributed by atoms with Crippen LogP contribution in [0.1, 0.15) is 37.8 Å². The molecule has 0 fully saturated rings. The number of carbonyl (C=O) groups is 1. The minimum Gasteiger partial charge on any atom is -0.326 e. The Balaban J connectivity index is 2.65. The van der Waals surface area contributed by atoms with Gasteiger partial charge in [0, 0.05) is 17.7 Å². The minimum absolute atomic E-state index is 0.0638.